The zero-order chi connectivity index (χ0) is 13.1. The predicted octanol–water partition coefficient (Wildman–Crippen LogP) is 1.91. The summed E-state index contributed by atoms with van der Waals surface area (Å²) in [5.74, 6) is 1.13. The summed E-state index contributed by atoms with van der Waals surface area (Å²) in [5, 5.41) is 7.94. The van der Waals surface area contributed by atoms with E-state index in [1.165, 1.54) is 5.56 Å². The maximum atomic E-state index is 5.49. The molecule has 0 atom stereocenters. The largest absolute Gasteiger partial charge is 0.407 e. The van der Waals surface area contributed by atoms with Gasteiger partial charge in [0.05, 0.1) is 6.54 Å². The fourth-order valence-electron chi connectivity index (χ4n) is 2.58. The van der Waals surface area contributed by atoms with Gasteiger partial charge >= 0.3 is 6.01 Å². The molecule has 1 fully saturated rings. The fraction of sp³-hybridized carbons (Fsp3) is 0.429. The minimum Gasteiger partial charge on any atom is -0.407 e. The molecule has 19 heavy (non-hydrogen) atoms. The van der Waals surface area contributed by atoms with Gasteiger partial charge in [-0.25, -0.2) is 0 Å². The van der Waals surface area contributed by atoms with E-state index in [9.17, 15) is 0 Å². The number of nitrogens with two attached hydrogens (primary N) is 1. The van der Waals surface area contributed by atoms with Crippen LogP contribution < -0.4 is 10.6 Å². The van der Waals surface area contributed by atoms with Gasteiger partial charge in [-0.1, -0.05) is 35.4 Å². The molecule has 5 nitrogen and oxygen atoms in total. The summed E-state index contributed by atoms with van der Waals surface area (Å²) in [6, 6.07) is 11.3. The van der Waals surface area contributed by atoms with Crippen molar-refractivity contribution in [2.75, 3.05) is 18.0 Å². The molecule has 1 saturated heterocycles. The van der Waals surface area contributed by atoms with Crippen molar-refractivity contribution in [3.05, 3.63) is 41.8 Å². The zero-order valence-corrected chi connectivity index (χ0v) is 10.8. The second kappa shape index (κ2) is 5.40. The first-order chi connectivity index (χ1) is 9.36. The van der Waals surface area contributed by atoms with Gasteiger partial charge in [0.1, 0.15) is 0 Å². The van der Waals surface area contributed by atoms with Crippen molar-refractivity contribution in [1.82, 2.24) is 10.2 Å². The van der Waals surface area contributed by atoms with Gasteiger partial charge in [-0.05, 0) is 24.3 Å². The molecular formula is C14H18N4O. The maximum Gasteiger partial charge on any atom is 0.318 e. The van der Waals surface area contributed by atoms with E-state index >= 15 is 0 Å². The van der Waals surface area contributed by atoms with Crippen LogP contribution in [0.5, 0.6) is 0 Å². The van der Waals surface area contributed by atoms with Crippen LogP contribution in [0.1, 0.15) is 30.2 Å². The van der Waals surface area contributed by atoms with Crippen molar-refractivity contribution in [3.8, 4) is 0 Å². The first kappa shape index (κ1) is 12.2. The highest BCUT2D eigenvalue weighted by Crippen LogP contribution is 2.29. The van der Waals surface area contributed by atoms with Crippen LogP contribution >= 0.6 is 0 Å². The Labute approximate surface area is 112 Å². The highest BCUT2D eigenvalue weighted by molar-refractivity contribution is 5.28. The summed E-state index contributed by atoms with van der Waals surface area (Å²) in [6.07, 6.45) is 2.23. The third-order valence-corrected chi connectivity index (χ3v) is 3.67. The van der Waals surface area contributed by atoms with E-state index in [-0.39, 0.29) is 0 Å². The third-order valence-electron chi connectivity index (χ3n) is 3.67. The summed E-state index contributed by atoms with van der Waals surface area (Å²) >= 11 is 0. The van der Waals surface area contributed by atoms with E-state index in [0.29, 0.717) is 24.4 Å². The molecule has 1 aromatic heterocycles. The highest BCUT2D eigenvalue weighted by atomic mass is 16.4. The van der Waals surface area contributed by atoms with Crippen LogP contribution in [0.2, 0.25) is 0 Å². The summed E-state index contributed by atoms with van der Waals surface area (Å²) in [4.78, 5) is 2.14. The molecule has 5 heteroatoms. The Bertz CT molecular complexity index is 517. The van der Waals surface area contributed by atoms with Crippen LogP contribution in [0, 0.1) is 0 Å². The monoisotopic (exact) mass is 258 g/mol. The standard InChI is InChI=1S/C14H18N4O/c15-10-13-16-17-14(19-13)18-8-6-12(7-9-18)11-4-2-1-3-5-11/h1-5,12H,6-10,15H2. The van der Waals surface area contributed by atoms with E-state index in [0.717, 1.165) is 25.9 Å². The van der Waals surface area contributed by atoms with E-state index in [1.54, 1.807) is 0 Å². The molecule has 1 aromatic carbocycles. The highest BCUT2D eigenvalue weighted by Gasteiger charge is 2.23. The number of hydrogen-bond donors (Lipinski definition) is 1. The molecule has 0 unspecified atom stereocenters. The lowest BCUT2D eigenvalue weighted by molar-refractivity contribution is 0.442. The first-order valence-electron chi connectivity index (χ1n) is 6.69. The number of rotatable bonds is 3. The SMILES string of the molecule is NCc1nnc(N2CCC(c3ccccc3)CC2)o1. The van der Waals surface area contributed by atoms with Gasteiger partial charge in [-0.2, -0.15) is 0 Å². The lowest BCUT2D eigenvalue weighted by Gasteiger charge is -2.30. The number of hydrogen-bond acceptors (Lipinski definition) is 5. The molecule has 100 valence electrons. The Hall–Kier alpha value is -1.88. The number of benzene rings is 1. The fourth-order valence-corrected chi connectivity index (χ4v) is 2.58. The molecule has 1 aliphatic heterocycles. The van der Waals surface area contributed by atoms with Crippen LogP contribution in [0.3, 0.4) is 0 Å². The van der Waals surface area contributed by atoms with Crippen molar-refractivity contribution in [2.45, 2.75) is 25.3 Å². The summed E-state index contributed by atoms with van der Waals surface area (Å²) in [7, 11) is 0. The van der Waals surface area contributed by atoms with Gasteiger partial charge < -0.3 is 15.1 Å². The van der Waals surface area contributed by atoms with Crippen LogP contribution in [-0.4, -0.2) is 23.3 Å². The van der Waals surface area contributed by atoms with Gasteiger partial charge in [-0.3, -0.25) is 0 Å². The van der Waals surface area contributed by atoms with E-state index in [4.69, 9.17) is 10.2 Å². The normalized spacial score (nSPS) is 16.8. The summed E-state index contributed by atoms with van der Waals surface area (Å²) in [5.41, 5.74) is 6.90. The summed E-state index contributed by atoms with van der Waals surface area (Å²) < 4.78 is 5.49. The second-order valence-corrected chi connectivity index (χ2v) is 4.85. The van der Waals surface area contributed by atoms with Crippen molar-refractivity contribution >= 4 is 6.01 Å². The van der Waals surface area contributed by atoms with Crippen LogP contribution in [-0.2, 0) is 6.54 Å². The Kier molecular flexibility index (Phi) is 3.46. The van der Waals surface area contributed by atoms with Crippen molar-refractivity contribution in [1.29, 1.82) is 0 Å². The van der Waals surface area contributed by atoms with Crippen molar-refractivity contribution in [3.63, 3.8) is 0 Å². The molecule has 0 saturated carbocycles. The van der Waals surface area contributed by atoms with E-state index < -0.39 is 0 Å². The Morgan fingerprint density at radius 3 is 2.53 bits per heavy atom. The maximum absolute atomic E-state index is 5.49. The number of nitrogens with zero attached hydrogens (tertiary/aromatic N) is 3. The smallest absolute Gasteiger partial charge is 0.318 e. The second-order valence-electron chi connectivity index (χ2n) is 4.85. The van der Waals surface area contributed by atoms with Crippen LogP contribution in [0.15, 0.2) is 34.7 Å². The topological polar surface area (TPSA) is 68.2 Å². The van der Waals surface area contributed by atoms with E-state index in [2.05, 4.69) is 45.4 Å². The number of piperidine rings is 1. The van der Waals surface area contributed by atoms with Crippen LogP contribution in [0.25, 0.3) is 0 Å². The Morgan fingerprint density at radius 2 is 1.89 bits per heavy atom. The molecule has 1 aliphatic rings. The van der Waals surface area contributed by atoms with Crippen molar-refractivity contribution < 1.29 is 4.42 Å². The molecule has 0 spiro atoms. The average molecular weight is 258 g/mol. The molecule has 0 radical (unpaired) electrons. The molecule has 2 N–H and O–H groups in total. The number of anilines is 1. The van der Waals surface area contributed by atoms with Gasteiger partial charge in [0.15, 0.2) is 0 Å². The molecule has 0 bridgehead atoms. The quantitative estimate of drug-likeness (QED) is 0.910. The van der Waals surface area contributed by atoms with E-state index in [1.807, 2.05) is 0 Å². The molecule has 0 aliphatic carbocycles. The molecule has 0 amide bonds. The Balaban J connectivity index is 1.63. The zero-order valence-electron chi connectivity index (χ0n) is 10.8. The Morgan fingerprint density at radius 1 is 1.16 bits per heavy atom. The molecule has 2 heterocycles. The number of aromatic nitrogens is 2. The van der Waals surface area contributed by atoms with Gasteiger partial charge in [0.2, 0.25) is 5.89 Å². The van der Waals surface area contributed by atoms with Gasteiger partial charge in [-0.15, -0.1) is 5.10 Å². The predicted molar refractivity (Wildman–Crippen MR) is 72.8 cm³/mol. The minimum atomic E-state index is 0.299. The minimum absolute atomic E-state index is 0.299. The molecular weight excluding hydrogens is 240 g/mol. The lowest BCUT2D eigenvalue weighted by Crippen LogP contribution is -2.33. The average Bonchev–Trinajstić information content (AvgIpc) is 2.97. The first-order valence-corrected chi connectivity index (χ1v) is 6.69. The molecule has 2 aromatic rings. The lowest BCUT2D eigenvalue weighted by atomic mass is 9.90. The third kappa shape index (κ3) is 2.61. The summed E-state index contributed by atoms with van der Waals surface area (Å²) in [6.45, 7) is 2.20. The van der Waals surface area contributed by atoms with Crippen molar-refractivity contribution in [2.24, 2.45) is 5.73 Å². The van der Waals surface area contributed by atoms with Gasteiger partial charge in [0.25, 0.3) is 0 Å². The van der Waals surface area contributed by atoms with Gasteiger partial charge in [0, 0.05) is 13.1 Å². The van der Waals surface area contributed by atoms with Crippen LogP contribution in [0.4, 0.5) is 6.01 Å². The molecule has 3 rings (SSSR count).